The molecule has 3 unspecified atom stereocenters. The molecule has 1 aromatic carbocycles. The molecule has 2 bridgehead atoms. The normalized spacial score (nSPS) is 25.2. The first kappa shape index (κ1) is 23.2. The number of aromatic hydroxyl groups is 1. The van der Waals surface area contributed by atoms with Crippen LogP contribution in [0, 0.1) is 28.1 Å². The molecule has 2 aliphatic carbocycles. The Balaban J connectivity index is 1.80. The van der Waals surface area contributed by atoms with E-state index in [1.165, 1.54) is 12.1 Å². The van der Waals surface area contributed by atoms with Crippen LogP contribution in [-0.4, -0.2) is 43.6 Å². The molecule has 9 heteroatoms. The number of rotatable bonds is 9. The van der Waals surface area contributed by atoms with Crippen LogP contribution < -0.4 is 10.0 Å². The number of carbonyl (C=O) groups is 2. The number of benzene rings is 1. The minimum Gasteiger partial charge on any atom is -0.508 e. The molecule has 168 valence electrons. The van der Waals surface area contributed by atoms with Gasteiger partial charge in [-0.25, -0.2) is 13.1 Å². The molecule has 2 aliphatic rings. The van der Waals surface area contributed by atoms with E-state index in [4.69, 9.17) is 5.26 Å². The van der Waals surface area contributed by atoms with Crippen LogP contribution in [0.25, 0.3) is 0 Å². The lowest BCUT2D eigenvalue weighted by atomic mass is 9.70. The number of fused-ring (bicyclic) bond motifs is 2. The lowest BCUT2D eigenvalue weighted by Crippen LogP contribution is -2.52. The van der Waals surface area contributed by atoms with Crippen molar-refractivity contribution in [3.8, 4) is 11.8 Å². The largest absolute Gasteiger partial charge is 0.508 e. The zero-order chi connectivity index (χ0) is 22.9. The molecule has 3 rings (SSSR count). The fourth-order valence-electron chi connectivity index (χ4n) is 5.11. The number of hydrogen-bond acceptors (Lipinski definition) is 6. The Hall–Kier alpha value is -2.44. The average Bonchev–Trinajstić information content (AvgIpc) is 3.03. The molecule has 1 amide bonds. The maximum Gasteiger partial charge on any atom is 0.238 e. The highest BCUT2D eigenvalue weighted by Gasteiger charge is 2.65. The van der Waals surface area contributed by atoms with Crippen LogP contribution in [0.3, 0.4) is 0 Å². The van der Waals surface area contributed by atoms with Gasteiger partial charge >= 0.3 is 0 Å². The third-order valence-corrected chi connectivity index (χ3v) is 8.64. The standard InChI is InChI=1S/C22H29N3O5S/c1-21(2)16-8-9-22(21,19(27)13-16)14-31(29,30)25-18(20(28)24-11-3-10-23)12-15-4-6-17(26)7-5-15/h4-7,16,18,25-26H,3,8-9,11-14H2,1-2H3,(H,24,28). The van der Waals surface area contributed by atoms with Crippen molar-refractivity contribution in [3.05, 3.63) is 29.8 Å². The second-order valence-corrected chi connectivity index (χ2v) is 10.9. The number of ketones is 1. The number of amides is 1. The van der Waals surface area contributed by atoms with Crippen LogP contribution >= 0.6 is 0 Å². The Morgan fingerprint density at radius 1 is 1.32 bits per heavy atom. The first-order valence-electron chi connectivity index (χ1n) is 10.5. The molecule has 2 fully saturated rings. The molecular formula is C22H29N3O5S. The van der Waals surface area contributed by atoms with Crippen molar-refractivity contribution in [1.82, 2.24) is 10.0 Å². The van der Waals surface area contributed by atoms with Crippen LogP contribution in [-0.2, 0) is 26.0 Å². The van der Waals surface area contributed by atoms with E-state index >= 15 is 0 Å². The molecule has 1 aromatic rings. The van der Waals surface area contributed by atoms with E-state index in [0.717, 1.165) is 6.42 Å². The lowest BCUT2D eigenvalue weighted by Gasteiger charge is -2.36. The zero-order valence-electron chi connectivity index (χ0n) is 17.8. The summed E-state index contributed by atoms with van der Waals surface area (Å²) in [6.45, 7) is 4.04. The predicted octanol–water partition coefficient (Wildman–Crippen LogP) is 1.65. The third-order valence-electron chi connectivity index (χ3n) is 7.13. The molecule has 31 heavy (non-hydrogen) atoms. The SMILES string of the molecule is CC1(C)C2CCC1(CS(=O)(=O)NC(Cc1ccc(O)cc1)C(=O)NCCC#N)C(=O)C2. The van der Waals surface area contributed by atoms with E-state index in [2.05, 4.69) is 10.0 Å². The maximum atomic E-state index is 13.2. The summed E-state index contributed by atoms with van der Waals surface area (Å²) in [4.78, 5) is 25.4. The first-order chi connectivity index (χ1) is 14.5. The molecule has 2 saturated carbocycles. The molecule has 0 spiro atoms. The number of nitrogens with one attached hydrogen (secondary N) is 2. The minimum absolute atomic E-state index is 0.00678. The van der Waals surface area contributed by atoms with Gasteiger partial charge in [-0.2, -0.15) is 5.26 Å². The molecule has 0 radical (unpaired) electrons. The molecule has 3 N–H and O–H groups in total. The highest BCUT2D eigenvalue weighted by Crippen LogP contribution is 2.64. The summed E-state index contributed by atoms with van der Waals surface area (Å²) in [5.41, 5.74) is -0.665. The van der Waals surface area contributed by atoms with Crippen molar-refractivity contribution >= 4 is 21.7 Å². The Kier molecular flexibility index (Phi) is 6.44. The molecule has 0 aromatic heterocycles. The van der Waals surface area contributed by atoms with Crippen molar-refractivity contribution in [3.63, 3.8) is 0 Å². The van der Waals surface area contributed by atoms with E-state index in [0.29, 0.717) is 18.4 Å². The van der Waals surface area contributed by atoms with Crippen molar-refractivity contribution in [2.75, 3.05) is 12.3 Å². The summed E-state index contributed by atoms with van der Waals surface area (Å²) in [5.74, 6) is -0.619. The van der Waals surface area contributed by atoms with Gasteiger partial charge < -0.3 is 10.4 Å². The summed E-state index contributed by atoms with van der Waals surface area (Å²) >= 11 is 0. The van der Waals surface area contributed by atoms with Gasteiger partial charge in [0.15, 0.2) is 0 Å². The van der Waals surface area contributed by atoms with Gasteiger partial charge in [-0.1, -0.05) is 26.0 Å². The summed E-state index contributed by atoms with van der Waals surface area (Å²) < 4.78 is 28.8. The summed E-state index contributed by atoms with van der Waals surface area (Å²) in [6, 6.07) is 6.99. The zero-order valence-corrected chi connectivity index (χ0v) is 18.7. The van der Waals surface area contributed by atoms with Crippen molar-refractivity contribution in [2.24, 2.45) is 16.7 Å². The predicted molar refractivity (Wildman–Crippen MR) is 114 cm³/mol. The molecule has 0 saturated heterocycles. The Morgan fingerprint density at radius 3 is 2.55 bits per heavy atom. The van der Waals surface area contributed by atoms with Gasteiger partial charge in [-0.15, -0.1) is 0 Å². The molecule has 8 nitrogen and oxygen atoms in total. The Labute approximate surface area is 183 Å². The van der Waals surface area contributed by atoms with Gasteiger partial charge in [-0.3, -0.25) is 9.59 Å². The Bertz CT molecular complexity index is 997. The molecular weight excluding hydrogens is 418 g/mol. The van der Waals surface area contributed by atoms with Crippen molar-refractivity contribution in [1.29, 1.82) is 5.26 Å². The van der Waals surface area contributed by atoms with Gasteiger partial charge in [0.05, 0.1) is 18.2 Å². The molecule has 0 aliphatic heterocycles. The van der Waals surface area contributed by atoms with E-state index in [1.54, 1.807) is 12.1 Å². The maximum absolute atomic E-state index is 13.2. The van der Waals surface area contributed by atoms with Crippen molar-refractivity contribution in [2.45, 2.75) is 52.0 Å². The van der Waals surface area contributed by atoms with E-state index in [9.17, 15) is 23.1 Å². The number of hydrogen-bond donors (Lipinski definition) is 3. The first-order valence-corrected chi connectivity index (χ1v) is 12.1. The second kappa shape index (κ2) is 8.60. The molecule has 3 atom stereocenters. The van der Waals surface area contributed by atoms with Crippen LogP contribution in [0.15, 0.2) is 24.3 Å². The third kappa shape index (κ3) is 4.60. The fraction of sp³-hybridized carbons (Fsp3) is 0.591. The van der Waals surface area contributed by atoms with Crippen LogP contribution in [0.5, 0.6) is 5.75 Å². The minimum atomic E-state index is -3.96. The van der Waals surface area contributed by atoms with Gasteiger partial charge in [0, 0.05) is 18.4 Å². The van der Waals surface area contributed by atoms with E-state index in [1.807, 2.05) is 19.9 Å². The monoisotopic (exact) mass is 447 g/mol. The number of sulfonamides is 1. The van der Waals surface area contributed by atoms with Gasteiger partial charge in [0.25, 0.3) is 0 Å². The van der Waals surface area contributed by atoms with Gasteiger partial charge in [0.2, 0.25) is 15.9 Å². The fourth-order valence-corrected chi connectivity index (χ4v) is 7.14. The van der Waals surface area contributed by atoms with Gasteiger partial charge in [-0.05, 0) is 48.3 Å². The number of carbonyl (C=O) groups excluding carboxylic acids is 2. The highest BCUT2D eigenvalue weighted by atomic mass is 32.2. The van der Waals surface area contributed by atoms with Crippen LogP contribution in [0.4, 0.5) is 0 Å². The number of phenols is 1. The Morgan fingerprint density at radius 2 is 2.00 bits per heavy atom. The molecule has 0 heterocycles. The number of Topliss-reactive ketones (excluding diaryl/α,β-unsaturated/α-hetero) is 1. The second-order valence-electron chi connectivity index (χ2n) is 9.17. The summed E-state index contributed by atoms with van der Waals surface area (Å²) in [6.07, 6.45) is 1.97. The van der Waals surface area contributed by atoms with Crippen LogP contribution in [0.2, 0.25) is 0 Å². The highest BCUT2D eigenvalue weighted by molar-refractivity contribution is 7.89. The summed E-state index contributed by atoms with van der Waals surface area (Å²) in [7, 11) is -3.96. The topological polar surface area (TPSA) is 136 Å². The number of nitriles is 1. The average molecular weight is 448 g/mol. The lowest BCUT2D eigenvalue weighted by molar-refractivity contribution is -0.128. The number of phenolic OH excluding ortho intramolecular Hbond substituents is 1. The van der Waals surface area contributed by atoms with Gasteiger partial charge in [0.1, 0.15) is 17.6 Å². The van der Waals surface area contributed by atoms with E-state index in [-0.39, 0.29) is 42.6 Å². The smallest absolute Gasteiger partial charge is 0.238 e. The number of nitrogens with zero attached hydrogens (tertiary/aromatic N) is 1. The van der Waals surface area contributed by atoms with Crippen LogP contribution in [0.1, 0.15) is 45.1 Å². The van der Waals surface area contributed by atoms with Crippen molar-refractivity contribution < 1.29 is 23.1 Å². The van der Waals surface area contributed by atoms with E-state index < -0.39 is 32.8 Å². The quantitative estimate of drug-likeness (QED) is 0.492. The summed E-state index contributed by atoms with van der Waals surface area (Å²) in [5, 5.41) is 20.7.